The van der Waals surface area contributed by atoms with Crippen LogP contribution in [0.25, 0.3) is 0 Å². The number of ketones is 1. The molecule has 2 rings (SSSR count). The summed E-state index contributed by atoms with van der Waals surface area (Å²) < 4.78 is 11.5. The van der Waals surface area contributed by atoms with Crippen LogP contribution in [0.5, 0.6) is 11.5 Å². The van der Waals surface area contributed by atoms with Gasteiger partial charge in [-0.2, -0.15) is 0 Å². The van der Waals surface area contributed by atoms with E-state index in [1.165, 1.54) is 0 Å². The molecule has 0 aliphatic carbocycles. The van der Waals surface area contributed by atoms with Crippen molar-refractivity contribution in [1.82, 2.24) is 0 Å². The molecule has 0 heterocycles. The summed E-state index contributed by atoms with van der Waals surface area (Å²) in [6, 6.07) is 13.1. The molecule has 2 aromatic rings. The Labute approximate surface area is 132 Å². The Kier molecular flexibility index (Phi) is 5.00. The molecule has 0 N–H and O–H groups in total. The van der Waals surface area contributed by atoms with Crippen LogP contribution < -0.4 is 9.47 Å². The Bertz CT molecular complexity index is 623. The van der Waals surface area contributed by atoms with Crippen LogP contribution in [0.4, 0.5) is 0 Å². The summed E-state index contributed by atoms with van der Waals surface area (Å²) >= 11 is 2.24. The van der Waals surface area contributed by atoms with E-state index < -0.39 is 0 Å². The van der Waals surface area contributed by atoms with Gasteiger partial charge in [0, 0.05) is 15.6 Å². The number of ether oxygens (including phenoxy) is 2. The number of benzene rings is 2. The molecule has 0 spiro atoms. The summed E-state index contributed by atoms with van der Waals surface area (Å²) in [5.41, 5.74) is 1.66. The van der Waals surface area contributed by atoms with Crippen molar-refractivity contribution in [3.8, 4) is 11.5 Å². The average Bonchev–Trinajstić information content (AvgIpc) is 2.48. The van der Waals surface area contributed by atoms with Gasteiger partial charge in [-0.3, -0.25) is 4.79 Å². The fraction of sp³-hybridized carbons (Fsp3) is 0.188. The SMILES string of the molecule is COc1ccc(C(=O)Cc2ccccc2I)cc1OC. The molecule has 2 aromatic carbocycles. The van der Waals surface area contributed by atoms with Gasteiger partial charge in [-0.05, 0) is 52.4 Å². The third-order valence-corrected chi connectivity index (χ3v) is 4.07. The summed E-state index contributed by atoms with van der Waals surface area (Å²) in [4.78, 5) is 12.3. The van der Waals surface area contributed by atoms with Gasteiger partial charge in [0.1, 0.15) is 0 Å². The second-order valence-electron chi connectivity index (χ2n) is 4.26. The first-order valence-corrected chi connectivity index (χ1v) is 7.22. The first kappa shape index (κ1) is 14.8. The van der Waals surface area contributed by atoms with E-state index in [0.29, 0.717) is 23.5 Å². The molecular formula is C16H15IO3. The first-order chi connectivity index (χ1) is 9.65. The lowest BCUT2D eigenvalue weighted by Crippen LogP contribution is -2.05. The van der Waals surface area contributed by atoms with E-state index in [1.54, 1.807) is 32.4 Å². The molecule has 0 radical (unpaired) electrons. The number of Topliss-reactive ketones (excluding diaryl/α,β-unsaturated/α-hetero) is 1. The van der Waals surface area contributed by atoms with Gasteiger partial charge in [-0.1, -0.05) is 18.2 Å². The molecule has 0 aliphatic rings. The Morgan fingerprint density at radius 2 is 1.75 bits per heavy atom. The number of halogens is 1. The van der Waals surface area contributed by atoms with Gasteiger partial charge < -0.3 is 9.47 Å². The maximum Gasteiger partial charge on any atom is 0.167 e. The lowest BCUT2D eigenvalue weighted by molar-refractivity contribution is 0.0992. The van der Waals surface area contributed by atoms with Crippen molar-refractivity contribution in [2.45, 2.75) is 6.42 Å². The third kappa shape index (κ3) is 3.30. The molecule has 0 aromatic heterocycles. The molecule has 0 amide bonds. The van der Waals surface area contributed by atoms with Crippen molar-refractivity contribution in [2.24, 2.45) is 0 Å². The molecule has 104 valence electrons. The zero-order chi connectivity index (χ0) is 14.5. The van der Waals surface area contributed by atoms with Crippen LogP contribution in [0, 0.1) is 3.57 Å². The van der Waals surface area contributed by atoms with Gasteiger partial charge in [0.25, 0.3) is 0 Å². The van der Waals surface area contributed by atoms with Gasteiger partial charge in [0.05, 0.1) is 14.2 Å². The van der Waals surface area contributed by atoms with E-state index >= 15 is 0 Å². The zero-order valence-electron chi connectivity index (χ0n) is 11.4. The summed E-state index contributed by atoms with van der Waals surface area (Å²) in [5, 5.41) is 0. The van der Waals surface area contributed by atoms with Crippen LogP contribution in [-0.4, -0.2) is 20.0 Å². The number of methoxy groups -OCH3 is 2. The molecule has 0 fully saturated rings. The molecule has 0 saturated heterocycles. The predicted molar refractivity (Wildman–Crippen MR) is 86.7 cm³/mol. The first-order valence-electron chi connectivity index (χ1n) is 6.14. The average molecular weight is 382 g/mol. The highest BCUT2D eigenvalue weighted by molar-refractivity contribution is 14.1. The van der Waals surface area contributed by atoms with Gasteiger partial charge >= 0.3 is 0 Å². The van der Waals surface area contributed by atoms with E-state index in [9.17, 15) is 4.79 Å². The predicted octanol–water partition coefficient (Wildman–Crippen LogP) is 3.73. The Hall–Kier alpha value is -1.56. The van der Waals surface area contributed by atoms with Crippen LogP contribution in [-0.2, 0) is 6.42 Å². The standard InChI is InChI=1S/C16H15IO3/c1-19-15-8-7-12(10-16(15)20-2)14(18)9-11-5-3-4-6-13(11)17/h3-8,10H,9H2,1-2H3. The number of hydrogen-bond donors (Lipinski definition) is 0. The largest absolute Gasteiger partial charge is 0.493 e. The number of rotatable bonds is 5. The molecule has 4 heteroatoms. The van der Waals surface area contributed by atoms with Crippen molar-refractivity contribution >= 4 is 28.4 Å². The topological polar surface area (TPSA) is 35.5 Å². The minimum Gasteiger partial charge on any atom is -0.493 e. The van der Waals surface area contributed by atoms with Crippen LogP contribution in [0.2, 0.25) is 0 Å². The van der Waals surface area contributed by atoms with Crippen LogP contribution >= 0.6 is 22.6 Å². The molecule has 0 unspecified atom stereocenters. The number of carbonyl (C=O) groups is 1. The van der Waals surface area contributed by atoms with Crippen molar-refractivity contribution in [2.75, 3.05) is 14.2 Å². The fourth-order valence-electron chi connectivity index (χ4n) is 1.93. The van der Waals surface area contributed by atoms with Gasteiger partial charge in [0.2, 0.25) is 0 Å². The van der Waals surface area contributed by atoms with E-state index in [2.05, 4.69) is 22.6 Å². The van der Waals surface area contributed by atoms with Crippen molar-refractivity contribution in [1.29, 1.82) is 0 Å². The normalized spacial score (nSPS) is 10.2. The third-order valence-electron chi connectivity index (χ3n) is 3.01. The highest BCUT2D eigenvalue weighted by atomic mass is 127. The highest BCUT2D eigenvalue weighted by Crippen LogP contribution is 2.28. The maximum atomic E-state index is 12.3. The van der Waals surface area contributed by atoms with Crippen LogP contribution in [0.15, 0.2) is 42.5 Å². The monoisotopic (exact) mass is 382 g/mol. The molecule has 0 aliphatic heterocycles. The minimum absolute atomic E-state index is 0.0649. The summed E-state index contributed by atoms with van der Waals surface area (Å²) in [5.74, 6) is 1.26. The summed E-state index contributed by atoms with van der Waals surface area (Å²) in [7, 11) is 3.14. The van der Waals surface area contributed by atoms with E-state index in [0.717, 1.165) is 9.13 Å². The Morgan fingerprint density at radius 3 is 2.40 bits per heavy atom. The molecule has 0 atom stereocenters. The maximum absolute atomic E-state index is 12.3. The minimum atomic E-state index is 0.0649. The van der Waals surface area contributed by atoms with E-state index in [-0.39, 0.29) is 5.78 Å². The lowest BCUT2D eigenvalue weighted by atomic mass is 10.0. The second kappa shape index (κ2) is 6.74. The summed E-state index contributed by atoms with van der Waals surface area (Å²) in [6.07, 6.45) is 0.384. The van der Waals surface area contributed by atoms with Gasteiger partial charge in [-0.25, -0.2) is 0 Å². The second-order valence-corrected chi connectivity index (χ2v) is 5.42. The van der Waals surface area contributed by atoms with Crippen molar-refractivity contribution in [3.05, 3.63) is 57.2 Å². The van der Waals surface area contributed by atoms with Gasteiger partial charge in [0.15, 0.2) is 17.3 Å². The van der Waals surface area contributed by atoms with E-state index in [4.69, 9.17) is 9.47 Å². The van der Waals surface area contributed by atoms with Crippen molar-refractivity contribution in [3.63, 3.8) is 0 Å². The molecule has 0 bridgehead atoms. The molecule has 0 saturated carbocycles. The van der Waals surface area contributed by atoms with E-state index in [1.807, 2.05) is 24.3 Å². The highest BCUT2D eigenvalue weighted by Gasteiger charge is 2.12. The lowest BCUT2D eigenvalue weighted by Gasteiger charge is -2.09. The van der Waals surface area contributed by atoms with Gasteiger partial charge in [-0.15, -0.1) is 0 Å². The molecule has 20 heavy (non-hydrogen) atoms. The quantitative estimate of drug-likeness (QED) is 0.584. The fourth-order valence-corrected chi connectivity index (χ4v) is 2.50. The van der Waals surface area contributed by atoms with Crippen molar-refractivity contribution < 1.29 is 14.3 Å². The zero-order valence-corrected chi connectivity index (χ0v) is 13.5. The molecule has 3 nitrogen and oxygen atoms in total. The summed E-state index contributed by atoms with van der Waals surface area (Å²) in [6.45, 7) is 0. The number of carbonyl (C=O) groups excluding carboxylic acids is 1. The van der Waals surface area contributed by atoms with Crippen LogP contribution in [0.1, 0.15) is 15.9 Å². The van der Waals surface area contributed by atoms with Crippen LogP contribution in [0.3, 0.4) is 0 Å². The Balaban J connectivity index is 2.24. The number of hydrogen-bond acceptors (Lipinski definition) is 3. The molecular weight excluding hydrogens is 367 g/mol. The smallest absolute Gasteiger partial charge is 0.167 e. The Morgan fingerprint density at radius 1 is 1.05 bits per heavy atom.